The van der Waals surface area contributed by atoms with Crippen LogP contribution in [0.25, 0.3) is 0 Å². The fraction of sp³-hybridized carbons (Fsp3) is 0.400. The first-order chi connectivity index (χ1) is 14.3. The number of amides is 2. The van der Waals surface area contributed by atoms with Crippen molar-refractivity contribution in [2.24, 2.45) is 0 Å². The van der Waals surface area contributed by atoms with Gasteiger partial charge < -0.3 is 24.4 Å². The number of esters is 2. The molecule has 162 valence electrons. The Kier molecular flexibility index (Phi) is 8.28. The zero-order chi connectivity index (χ0) is 22.3. The number of nitrogens with one attached hydrogen (secondary N) is 1. The molecule has 1 saturated heterocycles. The monoisotopic (exact) mass is 436 g/mol. The predicted molar refractivity (Wildman–Crippen MR) is 111 cm³/mol. The van der Waals surface area contributed by atoms with Crippen molar-refractivity contribution in [2.45, 2.75) is 17.7 Å². The number of carbonyl (C=O) groups excluding carboxylic acids is 4. The molecule has 2 atom stereocenters. The van der Waals surface area contributed by atoms with Gasteiger partial charge in [-0.1, -0.05) is 12.7 Å². The summed E-state index contributed by atoms with van der Waals surface area (Å²) in [6, 6.07) is 3.62. The molecule has 1 aromatic carbocycles. The van der Waals surface area contributed by atoms with E-state index in [0.29, 0.717) is 13.0 Å². The summed E-state index contributed by atoms with van der Waals surface area (Å²) in [5, 5.41) is 2.68. The molecule has 10 heteroatoms. The van der Waals surface area contributed by atoms with Crippen LogP contribution in [0, 0.1) is 0 Å². The van der Waals surface area contributed by atoms with Crippen molar-refractivity contribution in [1.82, 2.24) is 10.2 Å². The van der Waals surface area contributed by atoms with Gasteiger partial charge in [0.1, 0.15) is 6.61 Å². The minimum atomic E-state index is -0.695. The van der Waals surface area contributed by atoms with E-state index in [1.54, 1.807) is 0 Å². The summed E-state index contributed by atoms with van der Waals surface area (Å²) in [6.45, 7) is 4.13. The van der Waals surface area contributed by atoms with Gasteiger partial charge in [-0.2, -0.15) is 12.6 Å². The molecule has 0 radical (unpaired) electrons. The van der Waals surface area contributed by atoms with Crippen molar-refractivity contribution < 1.29 is 33.4 Å². The van der Waals surface area contributed by atoms with E-state index >= 15 is 0 Å². The molecule has 0 aromatic heterocycles. The Morgan fingerprint density at radius 2 is 1.70 bits per heavy atom. The molecule has 9 nitrogen and oxygen atoms in total. The maximum absolute atomic E-state index is 12.7. The highest BCUT2D eigenvalue weighted by Gasteiger charge is 2.34. The summed E-state index contributed by atoms with van der Waals surface area (Å²) < 4.78 is 14.4. The van der Waals surface area contributed by atoms with Crippen LogP contribution >= 0.6 is 12.6 Å². The first-order valence-corrected chi connectivity index (χ1v) is 9.64. The SMILES string of the molecule is C=CCOC(=O)N1CC(S)C[C@H]1CNC(=O)c1cc(C(=O)OC)cc(C(=O)OC)c1. The van der Waals surface area contributed by atoms with Gasteiger partial charge in [0.15, 0.2) is 0 Å². The Morgan fingerprint density at radius 3 is 2.23 bits per heavy atom. The lowest BCUT2D eigenvalue weighted by atomic mass is 10.0. The maximum Gasteiger partial charge on any atom is 0.410 e. The van der Waals surface area contributed by atoms with Crippen molar-refractivity contribution in [3.63, 3.8) is 0 Å². The molecular formula is C20H24N2O7S. The summed E-state index contributed by atoms with van der Waals surface area (Å²) in [5.41, 5.74) is 0.160. The van der Waals surface area contributed by atoms with Gasteiger partial charge in [0, 0.05) is 23.9 Å². The van der Waals surface area contributed by atoms with E-state index in [4.69, 9.17) is 4.74 Å². The number of carbonyl (C=O) groups is 4. The molecule has 2 amide bonds. The van der Waals surface area contributed by atoms with Gasteiger partial charge in [0.05, 0.1) is 31.4 Å². The van der Waals surface area contributed by atoms with E-state index in [1.165, 1.54) is 43.4 Å². The van der Waals surface area contributed by atoms with Gasteiger partial charge in [-0.25, -0.2) is 14.4 Å². The fourth-order valence-electron chi connectivity index (χ4n) is 3.06. The molecule has 1 unspecified atom stereocenters. The average molecular weight is 436 g/mol. The van der Waals surface area contributed by atoms with E-state index in [-0.39, 0.29) is 41.1 Å². The van der Waals surface area contributed by atoms with Crippen LogP contribution in [0.5, 0.6) is 0 Å². The summed E-state index contributed by atoms with van der Waals surface area (Å²) in [6.07, 6.45) is 1.53. The molecule has 0 spiro atoms. The van der Waals surface area contributed by atoms with Crippen molar-refractivity contribution in [2.75, 3.05) is 33.9 Å². The number of thiol groups is 1. The molecule has 1 heterocycles. The third kappa shape index (κ3) is 5.76. The van der Waals surface area contributed by atoms with Crippen LogP contribution in [0.3, 0.4) is 0 Å². The van der Waals surface area contributed by atoms with Gasteiger partial charge >= 0.3 is 18.0 Å². The highest BCUT2D eigenvalue weighted by atomic mass is 32.1. The number of likely N-dealkylation sites (tertiary alicyclic amines) is 1. The number of nitrogens with zero attached hydrogens (tertiary/aromatic N) is 1. The molecule has 0 bridgehead atoms. The van der Waals surface area contributed by atoms with Gasteiger partial charge in [0.2, 0.25) is 0 Å². The first-order valence-electron chi connectivity index (χ1n) is 9.13. The molecular weight excluding hydrogens is 412 g/mol. The first kappa shape index (κ1) is 23.3. The van der Waals surface area contributed by atoms with Crippen LogP contribution in [0.4, 0.5) is 4.79 Å². The number of ether oxygens (including phenoxy) is 3. The third-order valence-electron chi connectivity index (χ3n) is 4.49. The van der Waals surface area contributed by atoms with Crippen molar-refractivity contribution in [1.29, 1.82) is 0 Å². The summed E-state index contributed by atoms with van der Waals surface area (Å²) in [4.78, 5) is 50.1. The lowest BCUT2D eigenvalue weighted by Gasteiger charge is -2.24. The van der Waals surface area contributed by atoms with Crippen molar-refractivity contribution in [3.8, 4) is 0 Å². The molecule has 0 aliphatic carbocycles. The quantitative estimate of drug-likeness (QED) is 0.290. The van der Waals surface area contributed by atoms with Crippen LogP contribution in [0.2, 0.25) is 0 Å². The van der Waals surface area contributed by atoms with E-state index in [2.05, 4.69) is 34.0 Å². The Balaban J connectivity index is 2.14. The molecule has 1 fully saturated rings. The molecule has 0 saturated carbocycles. The number of methoxy groups -OCH3 is 2. The van der Waals surface area contributed by atoms with Crippen LogP contribution in [0.1, 0.15) is 37.5 Å². The number of hydrogen-bond donors (Lipinski definition) is 2. The van der Waals surface area contributed by atoms with E-state index in [1.807, 2.05) is 0 Å². The highest BCUT2D eigenvalue weighted by molar-refractivity contribution is 7.81. The second-order valence-electron chi connectivity index (χ2n) is 6.55. The molecule has 2 rings (SSSR count). The maximum atomic E-state index is 12.7. The third-order valence-corrected chi connectivity index (χ3v) is 4.86. The highest BCUT2D eigenvalue weighted by Crippen LogP contribution is 2.22. The van der Waals surface area contributed by atoms with E-state index in [0.717, 1.165) is 0 Å². The van der Waals surface area contributed by atoms with Gasteiger partial charge in [-0.15, -0.1) is 0 Å². The predicted octanol–water partition coefficient (Wildman–Crippen LogP) is 1.68. The molecule has 1 aliphatic heterocycles. The minimum absolute atomic E-state index is 0.0384. The smallest absolute Gasteiger partial charge is 0.410 e. The Labute approximate surface area is 179 Å². The Bertz CT molecular complexity index is 808. The minimum Gasteiger partial charge on any atom is -0.465 e. The average Bonchev–Trinajstić information content (AvgIpc) is 3.14. The largest absolute Gasteiger partial charge is 0.465 e. The Morgan fingerprint density at radius 1 is 1.13 bits per heavy atom. The van der Waals surface area contributed by atoms with E-state index in [9.17, 15) is 19.2 Å². The van der Waals surface area contributed by atoms with Gasteiger partial charge in [-0.3, -0.25) is 4.79 Å². The number of hydrogen-bond acceptors (Lipinski definition) is 8. The topological polar surface area (TPSA) is 111 Å². The normalized spacial score (nSPS) is 17.8. The van der Waals surface area contributed by atoms with Crippen molar-refractivity contribution >= 4 is 36.6 Å². The standard InChI is InChI=1S/C20H24N2O7S/c1-4-5-29-20(26)22-11-16(30)9-15(22)10-21-17(23)12-6-13(18(24)27-2)8-14(7-12)19(25)28-3/h4,6-8,15-16,30H,1,5,9-11H2,2-3H3,(H,21,23)/t15-,16?/m0/s1. The van der Waals surface area contributed by atoms with Gasteiger partial charge in [-0.05, 0) is 24.6 Å². The second kappa shape index (κ2) is 10.7. The lowest BCUT2D eigenvalue weighted by Crippen LogP contribution is -2.43. The fourth-order valence-corrected chi connectivity index (χ4v) is 3.48. The zero-order valence-corrected chi connectivity index (χ0v) is 17.6. The molecule has 1 aromatic rings. The molecule has 1 N–H and O–H groups in total. The summed E-state index contributed by atoms with van der Waals surface area (Å²) >= 11 is 4.42. The number of rotatable bonds is 7. The van der Waals surface area contributed by atoms with Crippen LogP contribution in [0.15, 0.2) is 30.9 Å². The van der Waals surface area contributed by atoms with Crippen LogP contribution < -0.4 is 5.32 Å². The molecule has 30 heavy (non-hydrogen) atoms. The Hall–Kier alpha value is -3.01. The van der Waals surface area contributed by atoms with Crippen molar-refractivity contribution in [3.05, 3.63) is 47.5 Å². The second-order valence-corrected chi connectivity index (χ2v) is 7.28. The summed E-state index contributed by atoms with van der Waals surface area (Å²) in [5.74, 6) is -1.91. The zero-order valence-electron chi connectivity index (χ0n) is 16.8. The summed E-state index contributed by atoms with van der Waals surface area (Å²) in [7, 11) is 2.39. The number of benzene rings is 1. The van der Waals surface area contributed by atoms with Crippen LogP contribution in [-0.2, 0) is 14.2 Å². The van der Waals surface area contributed by atoms with Crippen LogP contribution in [-0.4, -0.2) is 74.0 Å². The molecule has 1 aliphatic rings. The van der Waals surface area contributed by atoms with E-state index < -0.39 is 23.9 Å². The van der Waals surface area contributed by atoms with Gasteiger partial charge in [0.25, 0.3) is 5.91 Å². The lowest BCUT2D eigenvalue weighted by molar-refractivity contribution is 0.0599.